The van der Waals surface area contributed by atoms with Gasteiger partial charge in [0.2, 0.25) is 0 Å². The fraction of sp³-hybridized carbons (Fsp3) is 0.318. The van der Waals surface area contributed by atoms with Crippen molar-refractivity contribution in [2.75, 3.05) is 6.61 Å². The Morgan fingerprint density at radius 1 is 1.00 bits per heavy atom. The van der Waals surface area contributed by atoms with Gasteiger partial charge in [0.25, 0.3) is 0 Å². The molecule has 34 heavy (non-hydrogen) atoms. The lowest BCUT2D eigenvalue weighted by Crippen LogP contribution is -2.58. The van der Waals surface area contributed by atoms with Crippen molar-refractivity contribution in [2.45, 2.75) is 38.1 Å². The first-order chi connectivity index (χ1) is 15.8. The molecule has 0 saturated heterocycles. The highest BCUT2D eigenvalue weighted by atomic mass is 19.4. The Labute approximate surface area is 189 Å². The number of nitrogens with one attached hydrogen (secondary N) is 1. The predicted octanol–water partition coefficient (Wildman–Crippen LogP) is 6.25. The lowest BCUT2D eigenvalue weighted by molar-refractivity contribution is -0.361. The smallest absolute Gasteiger partial charge is 0.462 e. The van der Waals surface area contributed by atoms with Crippen LogP contribution in [0.15, 0.2) is 54.2 Å². The zero-order valence-corrected chi connectivity index (χ0v) is 17.7. The summed E-state index contributed by atoms with van der Waals surface area (Å²) in [5.41, 5.74) is 1.22. The number of nitrogens with zero attached hydrogens (tertiary/aromatic N) is 1. The summed E-state index contributed by atoms with van der Waals surface area (Å²) in [5.74, 6) is -6.58. The molecule has 0 atom stereocenters. The van der Waals surface area contributed by atoms with Gasteiger partial charge in [-0.1, -0.05) is 24.3 Å². The topological polar surface area (TPSA) is 42.9 Å². The van der Waals surface area contributed by atoms with E-state index in [0.29, 0.717) is 17.2 Å². The third-order valence-electron chi connectivity index (χ3n) is 4.32. The third kappa shape index (κ3) is 6.17. The highest BCUT2D eigenvalue weighted by Crippen LogP contribution is 2.45. The van der Waals surface area contributed by atoms with Crippen molar-refractivity contribution in [1.82, 2.24) is 5.43 Å². The Balaban J connectivity index is 2.33. The van der Waals surface area contributed by atoms with Crippen LogP contribution in [-0.2, 0) is 13.0 Å². The van der Waals surface area contributed by atoms with Gasteiger partial charge in [-0.15, -0.1) is 6.58 Å². The van der Waals surface area contributed by atoms with E-state index in [9.17, 15) is 35.1 Å². The predicted molar refractivity (Wildman–Crippen MR) is 109 cm³/mol. The van der Waals surface area contributed by atoms with E-state index >= 15 is 0 Å². The summed E-state index contributed by atoms with van der Waals surface area (Å²) in [7, 11) is 0. The molecule has 0 heterocycles. The van der Waals surface area contributed by atoms with Crippen LogP contribution in [0.5, 0.6) is 11.5 Å². The van der Waals surface area contributed by atoms with Crippen molar-refractivity contribution in [3.63, 3.8) is 0 Å². The number of ether oxygens (including phenoxy) is 2. The van der Waals surface area contributed by atoms with Gasteiger partial charge in [-0.2, -0.15) is 35.8 Å². The van der Waals surface area contributed by atoms with Crippen LogP contribution in [0.1, 0.15) is 23.6 Å². The van der Waals surface area contributed by atoms with Crippen LogP contribution >= 0.6 is 0 Å². The Hall–Kier alpha value is -3.31. The number of alkyl halides is 7. The molecule has 0 saturated carbocycles. The normalized spacial score (nSPS) is 12.6. The minimum atomic E-state index is -6.49. The molecule has 0 unspecified atom stereocenters. The van der Waals surface area contributed by atoms with E-state index in [1.165, 1.54) is 36.4 Å². The molecule has 2 aromatic carbocycles. The molecular weight excluding hydrogens is 476 g/mol. The van der Waals surface area contributed by atoms with E-state index in [1.54, 1.807) is 13.0 Å². The molecule has 0 aliphatic carbocycles. The molecule has 0 aliphatic heterocycles. The van der Waals surface area contributed by atoms with Crippen LogP contribution in [0.2, 0.25) is 0 Å². The minimum absolute atomic E-state index is 0.0252. The van der Waals surface area contributed by atoms with Crippen LogP contribution in [0, 0.1) is 5.82 Å². The Morgan fingerprint density at radius 3 is 2.26 bits per heavy atom. The molecule has 0 radical (unpaired) electrons. The number of allylic oxidation sites excluding steroid dienone is 1. The van der Waals surface area contributed by atoms with E-state index in [-0.39, 0.29) is 42.3 Å². The Morgan fingerprint density at radius 2 is 1.68 bits per heavy atom. The van der Waals surface area contributed by atoms with E-state index < -0.39 is 24.0 Å². The number of hydrogen-bond donors (Lipinski definition) is 1. The van der Waals surface area contributed by atoms with E-state index in [1.807, 2.05) is 0 Å². The fourth-order valence-corrected chi connectivity index (χ4v) is 2.69. The number of hydrogen-bond acceptors (Lipinski definition) is 4. The van der Waals surface area contributed by atoms with Gasteiger partial charge in [0.05, 0.1) is 12.8 Å². The molecule has 2 aromatic rings. The molecule has 0 bridgehead atoms. The van der Waals surface area contributed by atoms with Gasteiger partial charge in [-0.05, 0) is 37.1 Å². The highest BCUT2D eigenvalue weighted by Gasteiger charge is 2.73. The van der Waals surface area contributed by atoms with Crippen LogP contribution in [0.4, 0.5) is 35.1 Å². The molecule has 4 nitrogen and oxygen atoms in total. The van der Waals surface area contributed by atoms with Gasteiger partial charge >= 0.3 is 18.1 Å². The van der Waals surface area contributed by atoms with Crippen LogP contribution in [0.25, 0.3) is 0 Å². The van der Waals surface area contributed by atoms with Crippen molar-refractivity contribution >= 4 is 6.21 Å². The first-order valence-corrected chi connectivity index (χ1v) is 9.73. The van der Waals surface area contributed by atoms with Gasteiger partial charge in [0, 0.05) is 11.1 Å². The second kappa shape index (κ2) is 10.7. The third-order valence-corrected chi connectivity index (χ3v) is 4.32. The highest BCUT2D eigenvalue weighted by molar-refractivity contribution is 5.81. The van der Waals surface area contributed by atoms with Crippen molar-refractivity contribution in [2.24, 2.45) is 5.10 Å². The maximum absolute atomic E-state index is 13.9. The SMILES string of the molecule is C=CCc1cc(/C=N/NC(F)(F)C(F)(F)C(F)(F)F)cc(OCC)c1OCc1ccccc1F. The Kier molecular flexibility index (Phi) is 8.51. The summed E-state index contributed by atoms with van der Waals surface area (Å²) in [6.45, 7) is 5.18. The fourth-order valence-electron chi connectivity index (χ4n) is 2.69. The molecule has 0 fully saturated rings. The summed E-state index contributed by atoms with van der Waals surface area (Å²) >= 11 is 0. The number of halogens is 8. The molecular formula is C22H20F8N2O2. The lowest BCUT2D eigenvalue weighted by atomic mass is 10.1. The van der Waals surface area contributed by atoms with Gasteiger partial charge in [-0.25, -0.2) is 9.82 Å². The van der Waals surface area contributed by atoms with Crippen molar-refractivity contribution in [1.29, 1.82) is 0 Å². The minimum Gasteiger partial charge on any atom is -0.490 e. The van der Waals surface area contributed by atoms with Gasteiger partial charge in [0.15, 0.2) is 11.5 Å². The summed E-state index contributed by atoms with van der Waals surface area (Å²) in [6, 6.07) is 2.77. The molecule has 0 amide bonds. The molecule has 2 rings (SSSR count). The van der Waals surface area contributed by atoms with E-state index in [0.717, 1.165) is 0 Å². The summed E-state index contributed by atoms with van der Waals surface area (Å²) in [5, 5.41) is 2.85. The standard InChI is InChI=1S/C22H20F8N2O2/c1-3-7-15-10-14(12-31-32-22(29,30)20(24,25)21(26,27)28)11-18(33-4-2)19(15)34-13-16-8-5-6-9-17(16)23/h3,5-6,8-12,32H,1,4,7,13H2,2H3/b31-12+. The lowest BCUT2D eigenvalue weighted by Gasteiger charge is -2.27. The molecule has 0 aliphatic rings. The molecule has 186 valence electrons. The maximum atomic E-state index is 13.9. The zero-order valence-electron chi connectivity index (χ0n) is 17.7. The molecule has 0 aromatic heterocycles. The largest absolute Gasteiger partial charge is 0.490 e. The summed E-state index contributed by atoms with van der Waals surface area (Å²) < 4.78 is 115. The zero-order chi connectivity index (χ0) is 25.6. The molecule has 0 spiro atoms. The van der Waals surface area contributed by atoms with Gasteiger partial charge in [0.1, 0.15) is 12.4 Å². The second-order valence-corrected chi connectivity index (χ2v) is 6.83. The number of benzene rings is 2. The summed E-state index contributed by atoms with van der Waals surface area (Å²) in [4.78, 5) is 0. The Bertz CT molecular complexity index is 1020. The first-order valence-electron chi connectivity index (χ1n) is 9.73. The van der Waals surface area contributed by atoms with E-state index in [4.69, 9.17) is 9.47 Å². The van der Waals surface area contributed by atoms with Gasteiger partial charge < -0.3 is 9.47 Å². The van der Waals surface area contributed by atoms with Crippen molar-refractivity contribution in [3.05, 3.63) is 71.6 Å². The molecule has 12 heteroatoms. The first kappa shape index (κ1) is 26.9. The van der Waals surface area contributed by atoms with Crippen LogP contribution in [-0.4, -0.2) is 31.0 Å². The maximum Gasteiger partial charge on any atom is 0.462 e. The van der Waals surface area contributed by atoms with Crippen molar-refractivity contribution in [3.8, 4) is 11.5 Å². The van der Waals surface area contributed by atoms with Crippen molar-refractivity contribution < 1.29 is 44.6 Å². The van der Waals surface area contributed by atoms with E-state index in [2.05, 4.69) is 11.7 Å². The quantitative estimate of drug-likeness (QED) is 0.132. The number of hydrazone groups is 1. The second-order valence-electron chi connectivity index (χ2n) is 6.83. The average Bonchev–Trinajstić information content (AvgIpc) is 2.73. The van der Waals surface area contributed by atoms with Crippen LogP contribution < -0.4 is 14.9 Å². The monoisotopic (exact) mass is 496 g/mol. The van der Waals surface area contributed by atoms with Gasteiger partial charge in [-0.3, -0.25) is 0 Å². The molecule has 1 N–H and O–H groups in total. The van der Waals surface area contributed by atoms with Crippen LogP contribution in [0.3, 0.4) is 0 Å². The average molecular weight is 496 g/mol. The summed E-state index contributed by atoms with van der Waals surface area (Å²) in [6.07, 6.45) is -4.23. The number of rotatable bonds is 11.